The summed E-state index contributed by atoms with van der Waals surface area (Å²) in [6.45, 7) is 4.66. The molecular weight excluding hydrogens is 413 g/mol. The van der Waals surface area contributed by atoms with E-state index < -0.39 is 0 Å². The zero-order chi connectivity index (χ0) is 20.4. The van der Waals surface area contributed by atoms with Crippen LogP contribution < -0.4 is 10.1 Å². The van der Waals surface area contributed by atoms with Crippen LogP contribution in [0.2, 0.25) is 10.0 Å². The Labute approximate surface area is 177 Å². The predicted octanol–water partition coefficient (Wildman–Crippen LogP) is 4.24. The van der Waals surface area contributed by atoms with Crippen molar-refractivity contribution in [3.63, 3.8) is 0 Å². The molecule has 0 bridgehead atoms. The number of nitrogens with zero attached hydrogens (tertiary/aromatic N) is 4. The van der Waals surface area contributed by atoms with E-state index >= 15 is 0 Å². The number of fused-ring (bicyclic) bond motifs is 1. The van der Waals surface area contributed by atoms with Crippen molar-refractivity contribution in [2.24, 2.45) is 0 Å². The number of halogens is 2. The standard InChI is InChI=1S/C20H17Cl2N5O2/c1-2-19(28)27-6-5-13(10-27)29-18-8-14-17(9-23-18)24-11-25-20(14)26-12-3-4-15(21)16(22)7-12/h2-4,7-9,11,13H,1,5-6,10H2,(H,24,25,26). The Morgan fingerprint density at radius 3 is 2.90 bits per heavy atom. The second-order valence-corrected chi connectivity index (χ2v) is 7.35. The number of anilines is 2. The van der Waals surface area contributed by atoms with E-state index in [-0.39, 0.29) is 12.0 Å². The van der Waals surface area contributed by atoms with Crippen molar-refractivity contribution in [3.8, 4) is 5.88 Å². The largest absolute Gasteiger partial charge is 0.472 e. The summed E-state index contributed by atoms with van der Waals surface area (Å²) < 4.78 is 5.99. The molecule has 1 aromatic carbocycles. The molecule has 1 amide bonds. The first kappa shape index (κ1) is 19.4. The molecule has 1 unspecified atom stereocenters. The van der Waals surface area contributed by atoms with Crippen LogP contribution in [0.5, 0.6) is 5.88 Å². The molecule has 1 saturated heterocycles. The fourth-order valence-corrected chi connectivity index (χ4v) is 3.44. The number of hydrogen-bond acceptors (Lipinski definition) is 6. The van der Waals surface area contributed by atoms with Crippen LogP contribution in [0.15, 0.2) is 49.4 Å². The van der Waals surface area contributed by atoms with Crippen molar-refractivity contribution >= 4 is 51.5 Å². The van der Waals surface area contributed by atoms with Crippen molar-refractivity contribution in [3.05, 3.63) is 59.5 Å². The quantitative estimate of drug-likeness (QED) is 0.610. The first-order valence-corrected chi connectivity index (χ1v) is 9.70. The summed E-state index contributed by atoms with van der Waals surface area (Å²) in [6, 6.07) is 7.03. The highest BCUT2D eigenvalue weighted by Gasteiger charge is 2.26. The molecule has 1 aliphatic rings. The van der Waals surface area contributed by atoms with E-state index in [1.807, 2.05) is 6.07 Å². The summed E-state index contributed by atoms with van der Waals surface area (Å²) in [5.41, 5.74) is 1.41. The van der Waals surface area contributed by atoms with Crippen molar-refractivity contribution in [2.45, 2.75) is 12.5 Å². The molecule has 1 aliphatic heterocycles. The molecule has 0 saturated carbocycles. The zero-order valence-electron chi connectivity index (χ0n) is 15.3. The third kappa shape index (κ3) is 4.26. The zero-order valence-corrected chi connectivity index (χ0v) is 16.8. The minimum atomic E-state index is -0.125. The number of likely N-dealkylation sites (tertiary alicyclic amines) is 1. The summed E-state index contributed by atoms with van der Waals surface area (Å²) in [5.74, 6) is 0.946. The number of carbonyl (C=O) groups excluding carboxylic acids is 1. The lowest BCUT2D eigenvalue weighted by atomic mass is 10.2. The fourth-order valence-electron chi connectivity index (χ4n) is 3.14. The maximum Gasteiger partial charge on any atom is 0.246 e. The molecule has 0 aliphatic carbocycles. The summed E-state index contributed by atoms with van der Waals surface area (Å²) in [6.07, 6.45) is 5.02. The molecule has 7 nitrogen and oxygen atoms in total. The summed E-state index contributed by atoms with van der Waals surface area (Å²) in [5, 5.41) is 4.90. The van der Waals surface area contributed by atoms with Gasteiger partial charge in [-0.3, -0.25) is 4.79 Å². The third-order valence-corrected chi connectivity index (χ3v) is 5.34. The Kier molecular flexibility index (Phi) is 5.51. The van der Waals surface area contributed by atoms with Crippen LogP contribution in [-0.4, -0.2) is 45.0 Å². The van der Waals surface area contributed by atoms with Gasteiger partial charge < -0.3 is 15.0 Å². The van der Waals surface area contributed by atoms with E-state index in [9.17, 15) is 4.79 Å². The molecule has 9 heteroatoms. The molecule has 2 aromatic heterocycles. The second kappa shape index (κ2) is 8.23. The summed E-state index contributed by atoms with van der Waals surface area (Å²) in [7, 11) is 0. The van der Waals surface area contributed by atoms with Crippen LogP contribution in [-0.2, 0) is 4.79 Å². The van der Waals surface area contributed by atoms with E-state index in [4.69, 9.17) is 27.9 Å². The second-order valence-electron chi connectivity index (χ2n) is 6.53. The van der Waals surface area contributed by atoms with Crippen LogP contribution in [0.1, 0.15) is 6.42 Å². The van der Waals surface area contributed by atoms with Gasteiger partial charge in [0.1, 0.15) is 18.2 Å². The Morgan fingerprint density at radius 1 is 1.24 bits per heavy atom. The van der Waals surface area contributed by atoms with Crippen molar-refractivity contribution in [2.75, 3.05) is 18.4 Å². The van der Waals surface area contributed by atoms with Gasteiger partial charge in [0.2, 0.25) is 11.8 Å². The first-order valence-electron chi connectivity index (χ1n) is 8.94. The minimum Gasteiger partial charge on any atom is -0.472 e. The molecule has 4 rings (SSSR count). The molecule has 0 radical (unpaired) electrons. The number of hydrogen-bond donors (Lipinski definition) is 1. The van der Waals surface area contributed by atoms with Gasteiger partial charge in [-0.2, -0.15) is 0 Å². The summed E-state index contributed by atoms with van der Waals surface area (Å²) >= 11 is 12.1. The highest BCUT2D eigenvalue weighted by molar-refractivity contribution is 6.42. The molecule has 148 valence electrons. The van der Waals surface area contributed by atoms with E-state index in [1.54, 1.807) is 29.3 Å². The SMILES string of the molecule is C=CC(=O)N1CCC(Oc2cc3c(Nc4ccc(Cl)c(Cl)c4)ncnc3cn2)C1. The lowest BCUT2D eigenvalue weighted by Gasteiger charge is -2.15. The highest BCUT2D eigenvalue weighted by Crippen LogP contribution is 2.30. The van der Waals surface area contributed by atoms with Crippen LogP contribution in [0.4, 0.5) is 11.5 Å². The number of pyridine rings is 1. The molecule has 3 heterocycles. The van der Waals surface area contributed by atoms with Gasteiger partial charge in [0.05, 0.1) is 28.3 Å². The van der Waals surface area contributed by atoms with Gasteiger partial charge in [-0.1, -0.05) is 29.8 Å². The van der Waals surface area contributed by atoms with Gasteiger partial charge in [-0.15, -0.1) is 0 Å². The molecule has 0 spiro atoms. The lowest BCUT2D eigenvalue weighted by Crippen LogP contribution is -2.29. The van der Waals surface area contributed by atoms with Gasteiger partial charge in [0, 0.05) is 30.1 Å². The van der Waals surface area contributed by atoms with E-state index in [1.165, 1.54) is 12.4 Å². The van der Waals surface area contributed by atoms with Crippen molar-refractivity contribution in [1.29, 1.82) is 0 Å². The average Bonchev–Trinajstić information content (AvgIpc) is 3.19. The van der Waals surface area contributed by atoms with Crippen LogP contribution in [0, 0.1) is 0 Å². The van der Waals surface area contributed by atoms with Crippen LogP contribution >= 0.6 is 23.2 Å². The maximum atomic E-state index is 11.7. The Bertz CT molecular complexity index is 1090. The fraction of sp³-hybridized carbons (Fsp3) is 0.200. The molecule has 3 aromatic rings. The lowest BCUT2D eigenvalue weighted by molar-refractivity contribution is -0.125. The van der Waals surface area contributed by atoms with Gasteiger partial charge in [-0.05, 0) is 24.3 Å². The summed E-state index contributed by atoms with van der Waals surface area (Å²) in [4.78, 5) is 26.4. The Morgan fingerprint density at radius 2 is 2.10 bits per heavy atom. The average molecular weight is 430 g/mol. The van der Waals surface area contributed by atoms with Gasteiger partial charge >= 0.3 is 0 Å². The molecule has 1 atom stereocenters. The van der Waals surface area contributed by atoms with Gasteiger partial charge in [0.15, 0.2) is 0 Å². The number of nitrogens with one attached hydrogen (secondary N) is 1. The van der Waals surface area contributed by atoms with E-state index in [2.05, 4.69) is 26.8 Å². The molecule has 29 heavy (non-hydrogen) atoms. The predicted molar refractivity (Wildman–Crippen MR) is 113 cm³/mol. The number of carbonyl (C=O) groups is 1. The Hall–Kier alpha value is -2.90. The maximum absolute atomic E-state index is 11.7. The van der Waals surface area contributed by atoms with Crippen molar-refractivity contribution < 1.29 is 9.53 Å². The molecule has 1 fully saturated rings. The molecular formula is C20H17Cl2N5O2. The smallest absolute Gasteiger partial charge is 0.246 e. The van der Waals surface area contributed by atoms with Gasteiger partial charge in [0.25, 0.3) is 0 Å². The van der Waals surface area contributed by atoms with Crippen LogP contribution in [0.25, 0.3) is 10.9 Å². The number of amides is 1. The first-order chi connectivity index (χ1) is 14.0. The third-order valence-electron chi connectivity index (χ3n) is 4.60. The van der Waals surface area contributed by atoms with Crippen molar-refractivity contribution in [1.82, 2.24) is 19.9 Å². The molecule has 1 N–H and O–H groups in total. The van der Waals surface area contributed by atoms with Gasteiger partial charge in [-0.25, -0.2) is 15.0 Å². The minimum absolute atomic E-state index is 0.0934. The topological polar surface area (TPSA) is 80.2 Å². The highest BCUT2D eigenvalue weighted by atomic mass is 35.5. The van der Waals surface area contributed by atoms with E-state index in [0.717, 1.165) is 17.5 Å². The normalized spacial score (nSPS) is 16.1. The van der Waals surface area contributed by atoms with Crippen LogP contribution in [0.3, 0.4) is 0 Å². The monoisotopic (exact) mass is 429 g/mol. The number of ether oxygens (including phenoxy) is 1. The van der Waals surface area contributed by atoms with E-state index in [0.29, 0.717) is 40.3 Å². The number of rotatable bonds is 5. The number of benzene rings is 1. The number of aromatic nitrogens is 3. The Balaban J connectivity index is 1.57.